The molecule has 0 amide bonds. The van der Waals surface area contributed by atoms with Crippen LogP contribution in [0.2, 0.25) is 0 Å². The van der Waals surface area contributed by atoms with Gasteiger partial charge in [-0.2, -0.15) is 0 Å². The second kappa shape index (κ2) is 5.90. The summed E-state index contributed by atoms with van der Waals surface area (Å²) in [7, 11) is 0. The van der Waals surface area contributed by atoms with Gasteiger partial charge in [0.25, 0.3) is 0 Å². The highest BCUT2D eigenvalue weighted by Gasteiger charge is 2.13. The smallest absolute Gasteiger partial charge is 0.214 e. The lowest BCUT2D eigenvalue weighted by Crippen LogP contribution is -2.05. The van der Waals surface area contributed by atoms with Gasteiger partial charge in [-0.25, -0.2) is 14.4 Å². The molecule has 24 heavy (non-hydrogen) atoms. The highest BCUT2D eigenvalue weighted by atomic mass is 19.1. The molecule has 120 valence electrons. The van der Waals surface area contributed by atoms with E-state index < -0.39 is 0 Å². The van der Waals surface area contributed by atoms with Crippen molar-refractivity contribution in [3.63, 3.8) is 0 Å². The number of hydrogen-bond acceptors (Lipinski definition) is 4. The Labute approximate surface area is 137 Å². The molecule has 2 heterocycles. The molecule has 0 atom stereocenters. The standard InChI is InChI=1S/C18H14FN3O2/c19-13-5-3-4-12(8-13)16-9-20-18(24-16)10-22-15-7-2-1-6-14(15)21-17(22)11-23/h1-9,23H,10-11H2. The number of aliphatic hydroxyl groups is 1. The first-order valence-corrected chi connectivity index (χ1v) is 7.50. The number of imidazole rings is 1. The van der Waals surface area contributed by atoms with Crippen LogP contribution in [0.1, 0.15) is 11.7 Å². The fourth-order valence-corrected chi connectivity index (χ4v) is 2.72. The van der Waals surface area contributed by atoms with Crippen LogP contribution in [0.5, 0.6) is 0 Å². The fraction of sp³-hybridized carbons (Fsp3) is 0.111. The molecular weight excluding hydrogens is 309 g/mol. The van der Waals surface area contributed by atoms with Crippen molar-refractivity contribution < 1.29 is 13.9 Å². The number of benzene rings is 2. The molecule has 0 aliphatic heterocycles. The van der Waals surface area contributed by atoms with Crippen molar-refractivity contribution in [3.8, 4) is 11.3 Å². The minimum Gasteiger partial charge on any atom is -0.439 e. The minimum absolute atomic E-state index is 0.174. The SMILES string of the molecule is OCc1nc2ccccc2n1Cc1ncc(-c2cccc(F)c2)o1. The van der Waals surface area contributed by atoms with E-state index in [0.29, 0.717) is 29.6 Å². The molecule has 5 nitrogen and oxygen atoms in total. The Morgan fingerprint density at radius 1 is 1.12 bits per heavy atom. The zero-order chi connectivity index (χ0) is 16.5. The Balaban J connectivity index is 1.70. The monoisotopic (exact) mass is 323 g/mol. The van der Waals surface area contributed by atoms with Crippen LogP contribution < -0.4 is 0 Å². The largest absolute Gasteiger partial charge is 0.439 e. The molecule has 0 spiro atoms. The number of fused-ring (bicyclic) bond motifs is 1. The van der Waals surface area contributed by atoms with Gasteiger partial charge in [0, 0.05) is 5.56 Å². The maximum Gasteiger partial charge on any atom is 0.214 e. The summed E-state index contributed by atoms with van der Waals surface area (Å²) in [6.45, 7) is 0.165. The minimum atomic E-state index is -0.325. The van der Waals surface area contributed by atoms with Crippen LogP contribution in [0.4, 0.5) is 4.39 Å². The normalized spacial score (nSPS) is 11.2. The number of para-hydroxylation sites is 2. The lowest BCUT2D eigenvalue weighted by atomic mass is 10.2. The lowest BCUT2D eigenvalue weighted by molar-refractivity contribution is 0.266. The van der Waals surface area contributed by atoms with E-state index in [1.807, 2.05) is 28.8 Å². The zero-order valence-corrected chi connectivity index (χ0v) is 12.7. The van der Waals surface area contributed by atoms with Crippen molar-refractivity contribution in [2.24, 2.45) is 0 Å². The van der Waals surface area contributed by atoms with E-state index in [4.69, 9.17) is 4.42 Å². The third kappa shape index (κ3) is 2.57. The molecular formula is C18H14FN3O2. The Bertz CT molecular complexity index is 1010. The average molecular weight is 323 g/mol. The summed E-state index contributed by atoms with van der Waals surface area (Å²) in [5.74, 6) is 1.18. The summed E-state index contributed by atoms with van der Waals surface area (Å²) in [5, 5.41) is 9.54. The number of nitrogens with zero attached hydrogens (tertiary/aromatic N) is 3. The molecule has 6 heteroatoms. The maximum absolute atomic E-state index is 13.3. The van der Waals surface area contributed by atoms with Crippen LogP contribution in [-0.4, -0.2) is 19.6 Å². The van der Waals surface area contributed by atoms with Crippen LogP contribution in [0.15, 0.2) is 59.1 Å². The molecule has 0 fully saturated rings. The van der Waals surface area contributed by atoms with E-state index in [0.717, 1.165) is 11.0 Å². The van der Waals surface area contributed by atoms with Gasteiger partial charge in [0.1, 0.15) is 24.8 Å². The molecule has 2 aromatic carbocycles. The van der Waals surface area contributed by atoms with Crippen molar-refractivity contribution in [1.29, 1.82) is 0 Å². The van der Waals surface area contributed by atoms with E-state index in [2.05, 4.69) is 9.97 Å². The molecule has 0 saturated heterocycles. The third-order valence-electron chi connectivity index (χ3n) is 3.83. The van der Waals surface area contributed by atoms with E-state index >= 15 is 0 Å². The van der Waals surface area contributed by atoms with Crippen LogP contribution >= 0.6 is 0 Å². The number of hydrogen-bond donors (Lipinski definition) is 1. The van der Waals surface area contributed by atoms with Crippen molar-refractivity contribution in [1.82, 2.24) is 14.5 Å². The Hall–Kier alpha value is -2.99. The molecule has 2 aromatic heterocycles. The van der Waals surface area contributed by atoms with Gasteiger partial charge in [-0.15, -0.1) is 0 Å². The van der Waals surface area contributed by atoms with E-state index in [9.17, 15) is 9.50 Å². The molecule has 0 bridgehead atoms. The highest BCUT2D eigenvalue weighted by Crippen LogP contribution is 2.23. The number of halogens is 1. The number of aromatic nitrogens is 3. The molecule has 4 rings (SSSR count). The molecule has 0 unspecified atom stereocenters. The van der Waals surface area contributed by atoms with Gasteiger partial charge in [0.2, 0.25) is 5.89 Å². The van der Waals surface area contributed by atoms with Gasteiger partial charge in [0.15, 0.2) is 5.76 Å². The Morgan fingerprint density at radius 3 is 2.83 bits per heavy atom. The summed E-state index contributed by atoms with van der Waals surface area (Å²) >= 11 is 0. The zero-order valence-electron chi connectivity index (χ0n) is 12.7. The van der Waals surface area contributed by atoms with Gasteiger partial charge in [-0.3, -0.25) is 0 Å². The Kier molecular flexibility index (Phi) is 3.59. The summed E-state index contributed by atoms with van der Waals surface area (Å²) < 4.78 is 20.9. The van der Waals surface area contributed by atoms with Gasteiger partial charge in [0.05, 0.1) is 17.2 Å². The van der Waals surface area contributed by atoms with Crippen molar-refractivity contribution in [2.75, 3.05) is 0 Å². The van der Waals surface area contributed by atoms with E-state index in [-0.39, 0.29) is 12.4 Å². The van der Waals surface area contributed by atoms with E-state index in [1.165, 1.54) is 12.1 Å². The molecule has 1 N–H and O–H groups in total. The highest BCUT2D eigenvalue weighted by molar-refractivity contribution is 5.76. The van der Waals surface area contributed by atoms with Crippen LogP contribution in [-0.2, 0) is 13.2 Å². The molecule has 4 aromatic rings. The molecule has 0 aliphatic carbocycles. The topological polar surface area (TPSA) is 64.1 Å². The number of oxazole rings is 1. The van der Waals surface area contributed by atoms with Crippen molar-refractivity contribution in [3.05, 3.63) is 72.3 Å². The van der Waals surface area contributed by atoms with Crippen molar-refractivity contribution >= 4 is 11.0 Å². The molecule has 0 radical (unpaired) electrons. The first kappa shape index (κ1) is 14.6. The quantitative estimate of drug-likeness (QED) is 0.625. The molecule has 0 saturated carbocycles. The summed E-state index contributed by atoms with van der Waals surface area (Å²) in [6.07, 6.45) is 1.57. The Morgan fingerprint density at radius 2 is 2.00 bits per heavy atom. The second-order valence-electron chi connectivity index (χ2n) is 5.39. The third-order valence-corrected chi connectivity index (χ3v) is 3.83. The van der Waals surface area contributed by atoms with Crippen LogP contribution in [0.3, 0.4) is 0 Å². The van der Waals surface area contributed by atoms with E-state index in [1.54, 1.807) is 18.3 Å². The van der Waals surface area contributed by atoms with Crippen LogP contribution in [0.25, 0.3) is 22.4 Å². The second-order valence-corrected chi connectivity index (χ2v) is 5.39. The summed E-state index contributed by atoms with van der Waals surface area (Å²) in [5.41, 5.74) is 2.33. The predicted octanol–water partition coefficient (Wildman–Crippen LogP) is 3.37. The maximum atomic E-state index is 13.3. The fourth-order valence-electron chi connectivity index (χ4n) is 2.72. The van der Waals surface area contributed by atoms with Crippen molar-refractivity contribution in [2.45, 2.75) is 13.2 Å². The van der Waals surface area contributed by atoms with Gasteiger partial charge in [-0.1, -0.05) is 24.3 Å². The summed E-state index contributed by atoms with van der Waals surface area (Å²) in [6, 6.07) is 13.8. The summed E-state index contributed by atoms with van der Waals surface area (Å²) in [4.78, 5) is 8.66. The van der Waals surface area contributed by atoms with Gasteiger partial charge in [-0.05, 0) is 24.3 Å². The average Bonchev–Trinajstić information content (AvgIpc) is 3.20. The van der Waals surface area contributed by atoms with Crippen LogP contribution in [0, 0.1) is 5.82 Å². The number of rotatable bonds is 4. The van der Waals surface area contributed by atoms with Gasteiger partial charge >= 0.3 is 0 Å². The number of aliphatic hydroxyl groups excluding tert-OH is 1. The predicted molar refractivity (Wildman–Crippen MR) is 86.7 cm³/mol. The molecule has 0 aliphatic rings. The first-order valence-electron chi connectivity index (χ1n) is 7.50. The first-order chi connectivity index (χ1) is 11.7. The van der Waals surface area contributed by atoms with Gasteiger partial charge < -0.3 is 14.1 Å². The lowest BCUT2D eigenvalue weighted by Gasteiger charge is -2.04.